The fourth-order valence-corrected chi connectivity index (χ4v) is 2.24. The van der Waals surface area contributed by atoms with Crippen LogP contribution in [0.15, 0.2) is 23.1 Å². The maximum absolute atomic E-state index is 10.9. The van der Waals surface area contributed by atoms with Crippen LogP contribution in [0, 0.1) is 10.1 Å². The first kappa shape index (κ1) is 14.0. The first-order valence-electron chi connectivity index (χ1n) is 5.19. The van der Waals surface area contributed by atoms with E-state index >= 15 is 0 Å². The van der Waals surface area contributed by atoms with Crippen LogP contribution in [-0.2, 0) is 11.3 Å². The summed E-state index contributed by atoms with van der Waals surface area (Å²) < 4.78 is 4.91. The predicted molar refractivity (Wildman–Crippen MR) is 66.2 cm³/mol. The second-order valence-corrected chi connectivity index (χ2v) is 4.55. The van der Waals surface area contributed by atoms with Gasteiger partial charge in [-0.3, -0.25) is 10.1 Å². The van der Waals surface area contributed by atoms with Gasteiger partial charge in [0.2, 0.25) is 0 Å². The highest BCUT2D eigenvalue weighted by Crippen LogP contribution is 2.30. The minimum absolute atomic E-state index is 0.0546. The van der Waals surface area contributed by atoms with E-state index in [9.17, 15) is 10.1 Å². The average molecular weight is 257 g/mol. The number of aliphatic hydroxyl groups excluding tert-OH is 1. The molecule has 0 amide bonds. The number of hydrogen-bond acceptors (Lipinski definition) is 5. The van der Waals surface area contributed by atoms with Crippen molar-refractivity contribution in [2.24, 2.45) is 0 Å². The van der Waals surface area contributed by atoms with Gasteiger partial charge in [-0.05, 0) is 18.1 Å². The number of rotatable bonds is 7. The molecular weight excluding hydrogens is 242 g/mol. The largest absolute Gasteiger partial charge is 0.392 e. The summed E-state index contributed by atoms with van der Waals surface area (Å²) in [7, 11) is 1.63. The van der Waals surface area contributed by atoms with Crippen molar-refractivity contribution in [1.29, 1.82) is 0 Å². The smallest absolute Gasteiger partial charge is 0.283 e. The lowest BCUT2D eigenvalue weighted by Gasteiger charge is -2.04. The monoisotopic (exact) mass is 257 g/mol. The predicted octanol–water partition coefficient (Wildman–Crippen LogP) is 2.22. The van der Waals surface area contributed by atoms with Gasteiger partial charge < -0.3 is 9.84 Å². The van der Waals surface area contributed by atoms with Crippen molar-refractivity contribution < 1.29 is 14.8 Å². The van der Waals surface area contributed by atoms with Gasteiger partial charge in [-0.15, -0.1) is 11.8 Å². The summed E-state index contributed by atoms with van der Waals surface area (Å²) in [6, 6.07) is 4.80. The van der Waals surface area contributed by atoms with Gasteiger partial charge in [-0.2, -0.15) is 0 Å². The fourth-order valence-electron chi connectivity index (χ4n) is 1.31. The van der Waals surface area contributed by atoms with Crippen LogP contribution in [0.25, 0.3) is 0 Å². The van der Waals surface area contributed by atoms with Gasteiger partial charge in [0, 0.05) is 25.5 Å². The van der Waals surface area contributed by atoms with E-state index < -0.39 is 4.92 Å². The lowest BCUT2D eigenvalue weighted by atomic mass is 10.2. The topological polar surface area (TPSA) is 72.6 Å². The molecule has 1 rings (SSSR count). The summed E-state index contributed by atoms with van der Waals surface area (Å²) in [5.41, 5.74) is 0.608. The molecule has 94 valence electrons. The Morgan fingerprint density at radius 2 is 2.29 bits per heavy atom. The van der Waals surface area contributed by atoms with Crippen LogP contribution in [0.1, 0.15) is 12.0 Å². The van der Waals surface area contributed by atoms with Crippen molar-refractivity contribution in [3.05, 3.63) is 33.9 Å². The molecule has 0 spiro atoms. The minimum atomic E-state index is -0.419. The summed E-state index contributed by atoms with van der Waals surface area (Å²) in [4.78, 5) is 11.1. The Morgan fingerprint density at radius 3 is 2.88 bits per heavy atom. The molecule has 17 heavy (non-hydrogen) atoms. The van der Waals surface area contributed by atoms with Crippen LogP contribution in [-0.4, -0.2) is 29.5 Å². The Hall–Kier alpha value is -1.11. The maximum atomic E-state index is 10.9. The van der Waals surface area contributed by atoms with Gasteiger partial charge in [-0.25, -0.2) is 0 Å². The second kappa shape index (κ2) is 7.26. The molecular formula is C11H15NO4S. The van der Waals surface area contributed by atoms with Crippen molar-refractivity contribution in [1.82, 2.24) is 0 Å². The van der Waals surface area contributed by atoms with Crippen LogP contribution in [0.4, 0.5) is 5.69 Å². The summed E-state index contributed by atoms with van der Waals surface area (Å²) in [6.45, 7) is 0.463. The molecule has 1 aromatic carbocycles. The van der Waals surface area contributed by atoms with E-state index in [0.29, 0.717) is 17.1 Å². The van der Waals surface area contributed by atoms with Crippen LogP contribution < -0.4 is 0 Å². The van der Waals surface area contributed by atoms with Gasteiger partial charge in [0.25, 0.3) is 5.69 Å². The minimum Gasteiger partial charge on any atom is -0.392 e. The van der Waals surface area contributed by atoms with Gasteiger partial charge in [0.15, 0.2) is 0 Å². The zero-order valence-electron chi connectivity index (χ0n) is 9.59. The van der Waals surface area contributed by atoms with E-state index in [2.05, 4.69) is 0 Å². The highest BCUT2D eigenvalue weighted by atomic mass is 32.2. The summed E-state index contributed by atoms with van der Waals surface area (Å²) in [5, 5.41) is 19.8. The number of nitro benzene ring substituents is 1. The van der Waals surface area contributed by atoms with Crippen molar-refractivity contribution in [2.75, 3.05) is 19.5 Å². The molecule has 0 aliphatic rings. The number of hydrogen-bond donors (Lipinski definition) is 1. The molecule has 6 heteroatoms. The highest BCUT2D eigenvalue weighted by molar-refractivity contribution is 7.99. The van der Waals surface area contributed by atoms with Crippen LogP contribution in [0.2, 0.25) is 0 Å². The molecule has 0 saturated carbocycles. The van der Waals surface area contributed by atoms with Crippen molar-refractivity contribution >= 4 is 17.4 Å². The lowest BCUT2D eigenvalue weighted by molar-refractivity contribution is -0.387. The lowest BCUT2D eigenvalue weighted by Crippen LogP contribution is -1.95. The van der Waals surface area contributed by atoms with Crippen LogP contribution >= 0.6 is 11.8 Å². The third-order valence-electron chi connectivity index (χ3n) is 2.15. The van der Waals surface area contributed by atoms with Crippen LogP contribution in [0.5, 0.6) is 0 Å². The Morgan fingerprint density at radius 1 is 1.53 bits per heavy atom. The maximum Gasteiger partial charge on any atom is 0.283 e. The molecule has 0 fully saturated rings. The zero-order chi connectivity index (χ0) is 12.7. The van der Waals surface area contributed by atoms with Gasteiger partial charge in [0.05, 0.1) is 16.4 Å². The third kappa shape index (κ3) is 4.33. The van der Waals surface area contributed by atoms with E-state index in [0.717, 1.165) is 12.2 Å². The molecule has 0 heterocycles. The first-order chi connectivity index (χ1) is 8.19. The summed E-state index contributed by atoms with van der Waals surface area (Å²) in [5.74, 6) is 0.771. The molecule has 0 bridgehead atoms. The van der Waals surface area contributed by atoms with Crippen LogP contribution in [0.3, 0.4) is 0 Å². The first-order valence-corrected chi connectivity index (χ1v) is 6.17. The van der Waals surface area contributed by atoms with E-state index in [1.807, 2.05) is 0 Å². The van der Waals surface area contributed by atoms with Gasteiger partial charge >= 0.3 is 0 Å². The third-order valence-corrected chi connectivity index (χ3v) is 3.30. The second-order valence-electron chi connectivity index (χ2n) is 3.41. The van der Waals surface area contributed by atoms with E-state index in [4.69, 9.17) is 9.84 Å². The molecule has 0 saturated heterocycles. The Bertz CT molecular complexity index is 384. The number of ether oxygens (including phenoxy) is 1. The molecule has 0 atom stereocenters. The Labute approximate surface area is 104 Å². The normalized spacial score (nSPS) is 10.5. The van der Waals surface area contributed by atoms with Gasteiger partial charge in [0.1, 0.15) is 0 Å². The summed E-state index contributed by atoms with van der Waals surface area (Å²) >= 11 is 1.43. The molecule has 0 aliphatic heterocycles. The molecule has 0 radical (unpaired) electrons. The average Bonchev–Trinajstić information content (AvgIpc) is 2.34. The standard InChI is InChI=1S/C11H15NO4S/c1-16-5-2-6-17-11-4-3-9(8-13)7-10(11)12(14)15/h3-4,7,13H,2,5-6,8H2,1H3. The van der Waals surface area contributed by atoms with Crippen molar-refractivity contribution in [3.8, 4) is 0 Å². The number of methoxy groups -OCH3 is 1. The van der Waals surface area contributed by atoms with Crippen molar-refractivity contribution in [3.63, 3.8) is 0 Å². The number of thioether (sulfide) groups is 1. The van der Waals surface area contributed by atoms with E-state index in [1.54, 1.807) is 19.2 Å². The van der Waals surface area contributed by atoms with E-state index in [-0.39, 0.29) is 12.3 Å². The molecule has 5 nitrogen and oxygen atoms in total. The van der Waals surface area contributed by atoms with E-state index in [1.165, 1.54) is 17.8 Å². The Kier molecular flexibility index (Phi) is 5.96. The fraction of sp³-hybridized carbons (Fsp3) is 0.455. The molecule has 1 aromatic rings. The quantitative estimate of drug-likeness (QED) is 0.351. The SMILES string of the molecule is COCCCSc1ccc(CO)cc1[N+](=O)[O-]. The van der Waals surface area contributed by atoms with Crippen molar-refractivity contribution in [2.45, 2.75) is 17.9 Å². The molecule has 0 aromatic heterocycles. The zero-order valence-corrected chi connectivity index (χ0v) is 10.4. The highest BCUT2D eigenvalue weighted by Gasteiger charge is 2.14. The summed E-state index contributed by atoms with van der Waals surface area (Å²) in [6.07, 6.45) is 0.847. The number of nitro groups is 1. The Balaban J connectivity index is 2.73. The molecule has 1 N–H and O–H groups in total. The molecule has 0 unspecified atom stereocenters. The number of nitrogens with zero attached hydrogens (tertiary/aromatic N) is 1. The van der Waals surface area contributed by atoms with Gasteiger partial charge in [-0.1, -0.05) is 6.07 Å². The molecule has 0 aliphatic carbocycles. The number of benzene rings is 1. The number of aliphatic hydroxyl groups is 1.